The second-order valence-electron chi connectivity index (χ2n) is 4.49. The first-order valence-electron chi connectivity index (χ1n) is 6.53. The van der Waals surface area contributed by atoms with E-state index in [2.05, 4.69) is 26.0 Å². The average molecular weight is 236 g/mol. The van der Waals surface area contributed by atoms with Crippen molar-refractivity contribution >= 4 is 0 Å². The van der Waals surface area contributed by atoms with E-state index >= 15 is 0 Å². The van der Waals surface area contributed by atoms with E-state index in [9.17, 15) is 5.11 Å². The van der Waals surface area contributed by atoms with Gasteiger partial charge in [-0.25, -0.2) is 0 Å². The Bertz CT molecular complexity index is 310. The molecule has 1 aromatic rings. The standard InChI is InChI=1S/C15H24O2/c1-3-4-10-17-11-9-14(12-16)15-8-6-5-7-13(15)2/h5-8,14,16H,3-4,9-12H2,1-2H3. The van der Waals surface area contributed by atoms with E-state index in [0.717, 1.165) is 26.1 Å². The van der Waals surface area contributed by atoms with Gasteiger partial charge in [-0.1, -0.05) is 37.6 Å². The van der Waals surface area contributed by atoms with Gasteiger partial charge < -0.3 is 9.84 Å². The molecule has 1 unspecified atom stereocenters. The lowest BCUT2D eigenvalue weighted by atomic mass is 9.93. The fourth-order valence-corrected chi connectivity index (χ4v) is 1.96. The van der Waals surface area contributed by atoms with Crippen molar-refractivity contribution < 1.29 is 9.84 Å². The van der Waals surface area contributed by atoms with Crippen molar-refractivity contribution in [2.75, 3.05) is 19.8 Å². The van der Waals surface area contributed by atoms with E-state index in [1.807, 2.05) is 12.1 Å². The van der Waals surface area contributed by atoms with Crippen molar-refractivity contribution in [2.45, 2.75) is 39.0 Å². The number of aryl methyl sites for hydroxylation is 1. The summed E-state index contributed by atoms with van der Waals surface area (Å²) in [5, 5.41) is 9.45. The zero-order valence-corrected chi connectivity index (χ0v) is 11.0. The molecule has 1 rings (SSSR count). The minimum absolute atomic E-state index is 0.196. The molecule has 0 bridgehead atoms. The Morgan fingerprint density at radius 2 is 2.00 bits per heavy atom. The molecular weight excluding hydrogens is 212 g/mol. The molecule has 1 aromatic carbocycles. The van der Waals surface area contributed by atoms with Crippen LogP contribution >= 0.6 is 0 Å². The summed E-state index contributed by atoms with van der Waals surface area (Å²) in [6.07, 6.45) is 3.18. The molecule has 2 nitrogen and oxygen atoms in total. The molecule has 1 atom stereocenters. The number of ether oxygens (including phenoxy) is 1. The average Bonchev–Trinajstić information content (AvgIpc) is 2.35. The van der Waals surface area contributed by atoms with Crippen LogP contribution in [0.15, 0.2) is 24.3 Å². The van der Waals surface area contributed by atoms with Crippen LogP contribution in [0.3, 0.4) is 0 Å². The number of hydrogen-bond acceptors (Lipinski definition) is 2. The van der Waals surface area contributed by atoms with Gasteiger partial charge in [-0.2, -0.15) is 0 Å². The Labute approximate surface area is 105 Å². The Kier molecular flexibility index (Phi) is 6.90. The molecular formula is C15H24O2. The lowest BCUT2D eigenvalue weighted by Gasteiger charge is -2.17. The first-order chi connectivity index (χ1) is 8.29. The quantitative estimate of drug-likeness (QED) is 0.702. The molecule has 0 aromatic heterocycles. The van der Waals surface area contributed by atoms with Gasteiger partial charge in [0.25, 0.3) is 0 Å². The van der Waals surface area contributed by atoms with Crippen molar-refractivity contribution in [3.63, 3.8) is 0 Å². The molecule has 0 aliphatic heterocycles. The van der Waals surface area contributed by atoms with Crippen LogP contribution in [0.1, 0.15) is 43.2 Å². The van der Waals surface area contributed by atoms with E-state index in [1.54, 1.807) is 0 Å². The number of unbranched alkanes of at least 4 members (excludes halogenated alkanes) is 1. The van der Waals surface area contributed by atoms with Crippen LogP contribution < -0.4 is 0 Å². The fraction of sp³-hybridized carbons (Fsp3) is 0.600. The molecule has 0 heterocycles. The third-order valence-corrected chi connectivity index (χ3v) is 3.10. The van der Waals surface area contributed by atoms with Crippen molar-refractivity contribution in [1.29, 1.82) is 0 Å². The van der Waals surface area contributed by atoms with Crippen LogP contribution in [0.5, 0.6) is 0 Å². The van der Waals surface area contributed by atoms with Crippen LogP contribution in [0.4, 0.5) is 0 Å². The molecule has 1 N–H and O–H groups in total. The van der Waals surface area contributed by atoms with E-state index in [0.29, 0.717) is 0 Å². The SMILES string of the molecule is CCCCOCCC(CO)c1ccccc1C. The first kappa shape index (κ1) is 14.2. The number of rotatable bonds is 8. The maximum absolute atomic E-state index is 9.45. The van der Waals surface area contributed by atoms with Gasteiger partial charge in [0.2, 0.25) is 0 Å². The van der Waals surface area contributed by atoms with Gasteiger partial charge in [0, 0.05) is 19.1 Å². The molecule has 0 saturated carbocycles. The number of benzene rings is 1. The van der Waals surface area contributed by atoms with Gasteiger partial charge >= 0.3 is 0 Å². The Morgan fingerprint density at radius 1 is 1.24 bits per heavy atom. The van der Waals surface area contributed by atoms with E-state index < -0.39 is 0 Å². The zero-order chi connectivity index (χ0) is 12.5. The van der Waals surface area contributed by atoms with Gasteiger partial charge in [-0.15, -0.1) is 0 Å². The molecule has 17 heavy (non-hydrogen) atoms. The molecule has 96 valence electrons. The van der Waals surface area contributed by atoms with Crippen molar-refractivity contribution in [1.82, 2.24) is 0 Å². The van der Waals surface area contributed by atoms with E-state index in [1.165, 1.54) is 17.5 Å². The van der Waals surface area contributed by atoms with Crippen molar-refractivity contribution in [2.24, 2.45) is 0 Å². The number of aliphatic hydroxyl groups is 1. The third-order valence-electron chi connectivity index (χ3n) is 3.10. The summed E-state index contributed by atoms with van der Waals surface area (Å²) < 4.78 is 5.56. The second-order valence-corrected chi connectivity index (χ2v) is 4.49. The normalized spacial score (nSPS) is 12.6. The summed E-state index contributed by atoms with van der Waals surface area (Å²) in [5.74, 6) is 0.206. The smallest absolute Gasteiger partial charge is 0.0500 e. The predicted molar refractivity (Wildman–Crippen MR) is 71.3 cm³/mol. The monoisotopic (exact) mass is 236 g/mol. The van der Waals surface area contributed by atoms with Gasteiger partial charge in [0.15, 0.2) is 0 Å². The molecule has 0 radical (unpaired) electrons. The highest BCUT2D eigenvalue weighted by Gasteiger charge is 2.12. The van der Waals surface area contributed by atoms with Gasteiger partial charge in [0.05, 0.1) is 6.61 Å². The van der Waals surface area contributed by atoms with Crippen molar-refractivity contribution in [3.05, 3.63) is 35.4 Å². The predicted octanol–water partition coefficient (Wildman–Crippen LogP) is 3.28. The van der Waals surface area contributed by atoms with Gasteiger partial charge in [0.1, 0.15) is 0 Å². The van der Waals surface area contributed by atoms with Gasteiger partial charge in [-0.3, -0.25) is 0 Å². The van der Waals surface area contributed by atoms with Crippen molar-refractivity contribution in [3.8, 4) is 0 Å². The lowest BCUT2D eigenvalue weighted by Crippen LogP contribution is -2.10. The first-order valence-corrected chi connectivity index (χ1v) is 6.53. The topological polar surface area (TPSA) is 29.5 Å². The van der Waals surface area contributed by atoms with Crippen LogP contribution in [-0.2, 0) is 4.74 Å². The summed E-state index contributed by atoms with van der Waals surface area (Å²) in [6, 6.07) is 8.26. The molecule has 0 amide bonds. The Morgan fingerprint density at radius 3 is 2.65 bits per heavy atom. The second kappa shape index (κ2) is 8.26. The fourth-order valence-electron chi connectivity index (χ4n) is 1.96. The maximum Gasteiger partial charge on any atom is 0.0500 e. The highest BCUT2D eigenvalue weighted by Crippen LogP contribution is 2.22. The Hall–Kier alpha value is -0.860. The minimum atomic E-state index is 0.196. The van der Waals surface area contributed by atoms with Gasteiger partial charge in [-0.05, 0) is 30.9 Å². The van der Waals surface area contributed by atoms with Crippen LogP contribution in [0, 0.1) is 6.92 Å². The van der Waals surface area contributed by atoms with E-state index in [-0.39, 0.29) is 12.5 Å². The summed E-state index contributed by atoms with van der Waals surface area (Å²) in [5.41, 5.74) is 2.49. The molecule has 0 fully saturated rings. The molecule has 0 aliphatic carbocycles. The minimum Gasteiger partial charge on any atom is -0.396 e. The number of aliphatic hydroxyl groups excluding tert-OH is 1. The number of hydrogen-bond donors (Lipinski definition) is 1. The third kappa shape index (κ3) is 4.88. The Balaban J connectivity index is 2.41. The summed E-state index contributed by atoms with van der Waals surface area (Å²) >= 11 is 0. The summed E-state index contributed by atoms with van der Waals surface area (Å²) in [4.78, 5) is 0. The summed E-state index contributed by atoms with van der Waals surface area (Å²) in [6.45, 7) is 6.02. The van der Waals surface area contributed by atoms with Crippen LogP contribution in [-0.4, -0.2) is 24.9 Å². The summed E-state index contributed by atoms with van der Waals surface area (Å²) in [7, 11) is 0. The molecule has 0 saturated heterocycles. The van der Waals surface area contributed by atoms with Crippen LogP contribution in [0.2, 0.25) is 0 Å². The highest BCUT2D eigenvalue weighted by atomic mass is 16.5. The van der Waals surface area contributed by atoms with E-state index in [4.69, 9.17) is 4.74 Å². The molecule has 2 heteroatoms. The molecule has 0 spiro atoms. The maximum atomic E-state index is 9.45. The van der Waals surface area contributed by atoms with Crippen LogP contribution in [0.25, 0.3) is 0 Å². The lowest BCUT2D eigenvalue weighted by molar-refractivity contribution is 0.116. The largest absolute Gasteiger partial charge is 0.396 e. The highest BCUT2D eigenvalue weighted by molar-refractivity contribution is 5.29. The molecule has 0 aliphatic rings. The zero-order valence-electron chi connectivity index (χ0n) is 11.0.